The highest BCUT2D eigenvalue weighted by molar-refractivity contribution is 6.28. The fourth-order valence-corrected chi connectivity index (χ4v) is 3.55. The SMILES string of the molecule is COc1cc(C2C(C(=O)C=O)N=CN2c2ccc(C)c([N+](=O)[O-])c2)cc(OC)c1OC. The number of ketones is 1. The number of hydrogen-bond donors (Lipinski definition) is 0. The van der Waals surface area contributed by atoms with E-state index in [2.05, 4.69) is 4.99 Å². The summed E-state index contributed by atoms with van der Waals surface area (Å²) in [6.07, 6.45) is 1.61. The van der Waals surface area contributed by atoms with Gasteiger partial charge in [0.15, 0.2) is 17.8 Å². The van der Waals surface area contributed by atoms with Crippen molar-refractivity contribution in [3.05, 3.63) is 51.6 Å². The highest BCUT2D eigenvalue weighted by Crippen LogP contribution is 2.44. The summed E-state index contributed by atoms with van der Waals surface area (Å²) in [7, 11) is 4.39. The van der Waals surface area contributed by atoms with Crippen LogP contribution in [0.5, 0.6) is 17.2 Å². The number of benzene rings is 2. The van der Waals surface area contributed by atoms with Gasteiger partial charge in [0.1, 0.15) is 6.04 Å². The van der Waals surface area contributed by atoms with Gasteiger partial charge >= 0.3 is 0 Å². The predicted molar refractivity (Wildman–Crippen MR) is 113 cm³/mol. The summed E-state index contributed by atoms with van der Waals surface area (Å²) in [6, 6.07) is 6.22. The summed E-state index contributed by atoms with van der Waals surface area (Å²) in [5, 5.41) is 11.4. The molecule has 2 aromatic carbocycles. The first kappa shape index (κ1) is 21.8. The Morgan fingerprint density at radius 3 is 2.29 bits per heavy atom. The van der Waals surface area contributed by atoms with Crippen LogP contribution in [0.4, 0.5) is 11.4 Å². The Balaban J connectivity index is 2.18. The normalized spacial score (nSPS) is 17.4. The van der Waals surface area contributed by atoms with Gasteiger partial charge in [0.2, 0.25) is 11.5 Å². The van der Waals surface area contributed by atoms with Gasteiger partial charge in [-0.2, -0.15) is 0 Å². The molecule has 3 rings (SSSR count). The number of ether oxygens (including phenoxy) is 3. The zero-order chi connectivity index (χ0) is 22.7. The number of aliphatic imine (C=N–C) groups is 1. The second-order valence-corrected chi connectivity index (χ2v) is 6.77. The molecule has 0 bridgehead atoms. The van der Waals surface area contributed by atoms with E-state index in [4.69, 9.17) is 14.2 Å². The summed E-state index contributed by atoms with van der Waals surface area (Å²) in [4.78, 5) is 40.3. The maximum atomic E-state index is 12.3. The molecular formula is C21H21N3O7. The first-order valence-corrected chi connectivity index (χ1v) is 9.21. The standard InChI is InChI=1S/C21H21N3O7/c1-12-5-6-14(9-15(12)24(27)28)23-11-22-19(16(26)10-25)20(23)13-7-17(29-2)21(31-4)18(8-13)30-3/h5-11,19-20H,1-4H3. The van der Waals surface area contributed by atoms with Crippen LogP contribution in [-0.4, -0.2) is 50.7 Å². The molecule has 0 saturated heterocycles. The number of aldehydes is 1. The summed E-state index contributed by atoms with van der Waals surface area (Å²) in [5.74, 6) is 0.356. The second-order valence-electron chi connectivity index (χ2n) is 6.77. The zero-order valence-electron chi connectivity index (χ0n) is 17.4. The number of nitrogens with zero attached hydrogens (tertiary/aromatic N) is 3. The van der Waals surface area contributed by atoms with E-state index in [9.17, 15) is 19.7 Å². The molecule has 0 aliphatic carbocycles. The third-order valence-electron chi connectivity index (χ3n) is 5.07. The van der Waals surface area contributed by atoms with Crippen molar-refractivity contribution >= 4 is 29.8 Å². The summed E-state index contributed by atoms with van der Waals surface area (Å²) < 4.78 is 16.1. The number of hydrogen-bond acceptors (Lipinski definition) is 9. The van der Waals surface area contributed by atoms with Crippen molar-refractivity contribution in [1.82, 2.24) is 0 Å². The van der Waals surface area contributed by atoms with Crippen LogP contribution in [0.1, 0.15) is 17.2 Å². The minimum atomic E-state index is -1.04. The first-order valence-electron chi connectivity index (χ1n) is 9.21. The number of aryl methyl sites for hydroxylation is 1. The smallest absolute Gasteiger partial charge is 0.274 e. The molecule has 1 aliphatic heterocycles. The largest absolute Gasteiger partial charge is 0.493 e. The van der Waals surface area contributed by atoms with Gasteiger partial charge in [-0.1, -0.05) is 6.07 Å². The fourth-order valence-electron chi connectivity index (χ4n) is 3.55. The molecule has 162 valence electrons. The van der Waals surface area contributed by atoms with E-state index in [1.54, 1.807) is 36.1 Å². The van der Waals surface area contributed by atoms with Crippen molar-refractivity contribution in [2.75, 3.05) is 26.2 Å². The molecule has 0 amide bonds. The van der Waals surface area contributed by atoms with Gasteiger partial charge in [0, 0.05) is 17.3 Å². The number of nitro benzene ring substituents is 1. The lowest BCUT2D eigenvalue weighted by Gasteiger charge is -2.28. The number of methoxy groups -OCH3 is 3. The maximum Gasteiger partial charge on any atom is 0.274 e. The van der Waals surface area contributed by atoms with Crippen LogP contribution in [0, 0.1) is 17.0 Å². The van der Waals surface area contributed by atoms with Crippen molar-refractivity contribution in [3.8, 4) is 17.2 Å². The lowest BCUT2D eigenvalue weighted by molar-refractivity contribution is -0.385. The van der Waals surface area contributed by atoms with Crippen LogP contribution in [0.2, 0.25) is 0 Å². The lowest BCUT2D eigenvalue weighted by atomic mass is 9.95. The van der Waals surface area contributed by atoms with Crippen LogP contribution >= 0.6 is 0 Å². The monoisotopic (exact) mass is 427 g/mol. The van der Waals surface area contributed by atoms with Gasteiger partial charge in [-0.25, -0.2) is 0 Å². The highest BCUT2D eigenvalue weighted by atomic mass is 16.6. The van der Waals surface area contributed by atoms with Crippen molar-refractivity contribution in [2.24, 2.45) is 4.99 Å². The van der Waals surface area contributed by atoms with Gasteiger partial charge in [0.25, 0.3) is 5.69 Å². The van der Waals surface area contributed by atoms with Gasteiger partial charge in [-0.3, -0.25) is 24.7 Å². The fraction of sp³-hybridized carbons (Fsp3) is 0.286. The van der Waals surface area contributed by atoms with E-state index >= 15 is 0 Å². The molecular weight excluding hydrogens is 406 g/mol. The summed E-state index contributed by atoms with van der Waals surface area (Å²) in [6.45, 7) is 1.63. The number of rotatable bonds is 8. The molecule has 0 N–H and O–H groups in total. The van der Waals surface area contributed by atoms with Crippen LogP contribution in [0.15, 0.2) is 35.3 Å². The number of nitro groups is 1. The van der Waals surface area contributed by atoms with E-state index in [1.807, 2.05) is 0 Å². The Labute approximate surface area is 178 Å². The topological polar surface area (TPSA) is 121 Å². The van der Waals surface area contributed by atoms with Crippen LogP contribution < -0.4 is 19.1 Å². The molecule has 0 fully saturated rings. The molecule has 0 aromatic heterocycles. The predicted octanol–water partition coefficient (Wildman–Crippen LogP) is 2.66. The number of carbonyl (C=O) groups is 2. The number of anilines is 1. The average Bonchev–Trinajstić information content (AvgIpc) is 3.22. The van der Waals surface area contributed by atoms with Crippen LogP contribution in [-0.2, 0) is 9.59 Å². The Morgan fingerprint density at radius 1 is 1.13 bits per heavy atom. The van der Waals surface area contributed by atoms with Gasteiger partial charge < -0.3 is 19.1 Å². The molecule has 0 saturated carbocycles. The van der Waals surface area contributed by atoms with E-state index in [1.165, 1.54) is 33.7 Å². The van der Waals surface area contributed by atoms with Crippen molar-refractivity contribution < 1.29 is 28.7 Å². The number of Topliss-reactive ketones (excluding diaryl/α,β-unsaturated/α-hetero) is 1. The van der Waals surface area contributed by atoms with Crippen molar-refractivity contribution in [1.29, 1.82) is 0 Å². The molecule has 0 radical (unpaired) electrons. The molecule has 1 aliphatic rings. The Hall–Kier alpha value is -3.95. The maximum absolute atomic E-state index is 12.3. The molecule has 31 heavy (non-hydrogen) atoms. The van der Waals surface area contributed by atoms with E-state index < -0.39 is 22.8 Å². The quantitative estimate of drug-likeness (QED) is 0.273. The van der Waals surface area contributed by atoms with E-state index in [0.717, 1.165) is 0 Å². The number of carbonyl (C=O) groups excluding carboxylic acids is 2. The van der Waals surface area contributed by atoms with Crippen molar-refractivity contribution in [2.45, 2.75) is 19.0 Å². The second kappa shape index (κ2) is 8.82. The van der Waals surface area contributed by atoms with Gasteiger partial charge in [0.05, 0.1) is 38.6 Å². The Bertz CT molecular complexity index is 1040. The Kier molecular flexibility index (Phi) is 6.19. The Morgan fingerprint density at radius 2 is 1.77 bits per heavy atom. The minimum absolute atomic E-state index is 0.0697. The van der Waals surface area contributed by atoms with E-state index in [-0.39, 0.29) is 12.0 Å². The first-order chi connectivity index (χ1) is 14.9. The van der Waals surface area contributed by atoms with Gasteiger partial charge in [-0.05, 0) is 30.7 Å². The summed E-state index contributed by atoms with van der Waals surface area (Å²) >= 11 is 0. The molecule has 0 spiro atoms. The molecule has 2 atom stereocenters. The van der Waals surface area contributed by atoms with E-state index in [0.29, 0.717) is 34.1 Å². The third kappa shape index (κ3) is 3.91. The molecule has 10 nitrogen and oxygen atoms in total. The molecule has 10 heteroatoms. The summed E-state index contributed by atoms with van der Waals surface area (Å²) in [5.41, 5.74) is 1.42. The molecule has 2 aromatic rings. The van der Waals surface area contributed by atoms with Crippen LogP contribution in [0.3, 0.4) is 0 Å². The minimum Gasteiger partial charge on any atom is -0.493 e. The molecule has 1 heterocycles. The van der Waals surface area contributed by atoms with Gasteiger partial charge in [-0.15, -0.1) is 0 Å². The average molecular weight is 427 g/mol. The molecule has 2 unspecified atom stereocenters. The lowest BCUT2D eigenvalue weighted by Crippen LogP contribution is -2.33. The zero-order valence-corrected chi connectivity index (χ0v) is 17.4. The highest BCUT2D eigenvalue weighted by Gasteiger charge is 2.39. The van der Waals surface area contributed by atoms with Crippen LogP contribution in [0.25, 0.3) is 0 Å². The third-order valence-corrected chi connectivity index (χ3v) is 5.07. The van der Waals surface area contributed by atoms with Crippen molar-refractivity contribution in [3.63, 3.8) is 0 Å².